The fourth-order valence-corrected chi connectivity index (χ4v) is 6.91. The van der Waals surface area contributed by atoms with E-state index in [4.69, 9.17) is 10.1 Å². The van der Waals surface area contributed by atoms with Crippen LogP contribution in [0.1, 0.15) is 52.4 Å². The van der Waals surface area contributed by atoms with Gasteiger partial charge in [0.2, 0.25) is 0 Å². The maximum absolute atomic E-state index is 9.20. The number of hydrogen-bond donors (Lipinski definition) is 3. The third-order valence-corrected chi connectivity index (χ3v) is 6.05. The van der Waals surface area contributed by atoms with Gasteiger partial charge in [0.25, 0.3) is 0 Å². The molecule has 0 saturated heterocycles. The Balaban J connectivity index is 1.82. The minimum atomic E-state index is -0.0138. The largest absolute Gasteiger partial charge is 0.394 e. The summed E-state index contributed by atoms with van der Waals surface area (Å²) < 4.78 is 6.26. The molecule has 4 rings (SSSR count). The summed E-state index contributed by atoms with van der Waals surface area (Å²) in [5, 5.41) is 18.5. The van der Waals surface area contributed by atoms with Crippen LogP contribution in [0.15, 0.2) is 12.3 Å². The molecule has 4 saturated carbocycles. The summed E-state index contributed by atoms with van der Waals surface area (Å²) in [6.45, 7) is 6.58. The molecule has 2 unspecified atom stereocenters. The van der Waals surface area contributed by atoms with Crippen LogP contribution in [0, 0.1) is 21.7 Å². The molecule has 124 valence electrons. The molecule has 4 bridgehead atoms. The zero-order chi connectivity index (χ0) is 15.9. The number of allylic oxidation sites excluding steroid dienone is 1. The smallest absolute Gasteiger partial charge is 0.0941 e. The number of nitrogens with one attached hydrogen (secondary N) is 1. The molecule has 0 spiro atoms. The first-order valence-corrected chi connectivity index (χ1v) is 8.60. The number of aliphatic hydroxyl groups excluding tert-OH is 1. The monoisotopic (exact) mass is 307 g/mol. The second kappa shape index (κ2) is 5.43. The van der Waals surface area contributed by atoms with Crippen molar-refractivity contribution < 1.29 is 15.2 Å². The lowest BCUT2D eigenvalue weighted by molar-refractivity contribution is -0.607. The minimum absolute atomic E-state index is 0.0138. The van der Waals surface area contributed by atoms with Gasteiger partial charge >= 0.3 is 0 Å². The third kappa shape index (κ3) is 2.89. The van der Waals surface area contributed by atoms with E-state index in [1.54, 1.807) is 6.08 Å². The van der Waals surface area contributed by atoms with Crippen LogP contribution in [0.5, 0.6) is 0 Å². The highest BCUT2D eigenvalue weighted by Crippen LogP contribution is 2.71. The molecule has 4 heteroatoms. The maximum Gasteiger partial charge on any atom is 0.0941 e. The number of ether oxygens (including phenoxy) is 1. The Kier molecular flexibility index (Phi) is 3.99. The summed E-state index contributed by atoms with van der Waals surface area (Å²) in [6, 6.07) is 0. The minimum Gasteiger partial charge on any atom is -0.394 e. The van der Waals surface area contributed by atoms with Gasteiger partial charge in [0.1, 0.15) is 0 Å². The van der Waals surface area contributed by atoms with E-state index in [0.717, 1.165) is 25.8 Å². The van der Waals surface area contributed by atoms with Crippen molar-refractivity contribution in [2.75, 3.05) is 19.8 Å². The van der Waals surface area contributed by atoms with E-state index in [1.165, 1.54) is 25.5 Å². The average molecular weight is 307 g/mol. The van der Waals surface area contributed by atoms with Crippen LogP contribution in [-0.2, 0) is 4.74 Å². The summed E-state index contributed by atoms with van der Waals surface area (Å²) in [5.74, 6) is 0. The maximum atomic E-state index is 9.20. The average Bonchev–Trinajstić information content (AvgIpc) is 2.37. The Hall–Kier alpha value is -0.710. The van der Waals surface area contributed by atoms with Gasteiger partial charge in [-0.15, -0.1) is 0 Å². The van der Waals surface area contributed by atoms with Crippen molar-refractivity contribution in [1.82, 2.24) is 0 Å². The van der Waals surface area contributed by atoms with Gasteiger partial charge in [0.05, 0.1) is 31.6 Å². The topological polar surface area (TPSA) is 69.9 Å². The predicted octanol–water partition coefficient (Wildman–Crippen LogP) is 1.84. The Morgan fingerprint density at radius 2 is 1.77 bits per heavy atom. The fourth-order valence-electron chi connectivity index (χ4n) is 6.91. The first-order valence-electron chi connectivity index (χ1n) is 8.60. The van der Waals surface area contributed by atoms with Crippen LogP contribution in [0.25, 0.3) is 0 Å². The number of nitrogens with two attached hydrogens (primary N) is 1. The number of quaternary nitrogens is 1. The van der Waals surface area contributed by atoms with Crippen molar-refractivity contribution in [1.29, 1.82) is 5.41 Å². The second-order valence-corrected chi connectivity index (χ2v) is 8.93. The zero-order valence-electron chi connectivity index (χ0n) is 14.0. The molecule has 0 heterocycles. The molecule has 0 aromatic rings. The van der Waals surface area contributed by atoms with Gasteiger partial charge in [-0.05, 0) is 49.4 Å². The van der Waals surface area contributed by atoms with E-state index in [2.05, 4.69) is 19.2 Å². The van der Waals surface area contributed by atoms with E-state index in [-0.39, 0.29) is 12.2 Å². The van der Waals surface area contributed by atoms with Crippen molar-refractivity contribution in [2.24, 2.45) is 16.2 Å². The van der Waals surface area contributed by atoms with Crippen LogP contribution < -0.4 is 5.32 Å². The summed E-state index contributed by atoms with van der Waals surface area (Å²) in [5.41, 5.74) is 1.11. The number of rotatable bonds is 7. The molecule has 4 N–H and O–H groups in total. The van der Waals surface area contributed by atoms with Crippen LogP contribution in [0.2, 0.25) is 0 Å². The predicted molar refractivity (Wildman–Crippen MR) is 86.8 cm³/mol. The summed E-state index contributed by atoms with van der Waals surface area (Å²) in [4.78, 5) is 0. The van der Waals surface area contributed by atoms with Gasteiger partial charge < -0.3 is 20.6 Å². The molecule has 4 fully saturated rings. The molecule has 4 aliphatic carbocycles. The molecule has 22 heavy (non-hydrogen) atoms. The molecule has 0 aromatic carbocycles. The van der Waals surface area contributed by atoms with Gasteiger partial charge in [-0.1, -0.05) is 13.8 Å². The molecular formula is C18H31N2O2+. The Morgan fingerprint density at radius 1 is 1.09 bits per heavy atom. The van der Waals surface area contributed by atoms with Crippen molar-refractivity contribution in [2.45, 2.75) is 58.0 Å². The SMILES string of the molecule is CC12CC3(C)CC(C[NH2+]C=CC=N)(C1)CC(OCCO)(C2)C3. The van der Waals surface area contributed by atoms with Gasteiger partial charge in [0, 0.05) is 17.7 Å². The highest BCUT2D eigenvalue weighted by molar-refractivity contribution is 5.66. The van der Waals surface area contributed by atoms with Crippen molar-refractivity contribution >= 4 is 6.21 Å². The molecule has 2 atom stereocenters. The highest BCUT2D eigenvalue weighted by atomic mass is 16.5. The van der Waals surface area contributed by atoms with E-state index in [9.17, 15) is 5.11 Å². The first-order chi connectivity index (χ1) is 10.4. The van der Waals surface area contributed by atoms with Crippen molar-refractivity contribution in [3.63, 3.8) is 0 Å². The fraction of sp³-hybridized carbons (Fsp3) is 0.833. The van der Waals surface area contributed by atoms with E-state index in [1.807, 2.05) is 6.20 Å². The molecule has 0 aliphatic heterocycles. The molecule has 0 radical (unpaired) electrons. The molecular weight excluding hydrogens is 276 g/mol. The van der Waals surface area contributed by atoms with Crippen LogP contribution in [0.4, 0.5) is 0 Å². The van der Waals surface area contributed by atoms with Crippen LogP contribution in [-0.4, -0.2) is 36.7 Å². The lowest BCUT2D eigenvalue weighted by Gasteiger charge is -2.68. The van der Waals surface area contributed by atoms with Gasteiger partial charge in [0.15, 0.2) is 0 Å². The normalized spacial score (nSPS) is 46.5. The molecule has 0 aromatic heterocycles. The number of aliphatic hydroxyl groups is 1. The van der Waals surface area contributed by atoms with Crippen molar-refractivity contribution in [3.8, 4) is 0 Å². The number of hydrogen-bond acceptors (Lipinski definition) is 3. The highest BCUT2D eigenvalue weighted by Gasteiger charge is 2.66. The van der Waals surface area contributed by atoms with Crippen LogP contribution >= 0.6 is 0 Å². The molecule has 0 amide bonds. The lowest BCUT2D eigenvalue weighted by Crippen LogP contribution is -2.84. The quantitative estimate of drug-likeness (QED) is 0.628. The Labute approximate surface area is 133 Å². The standard InChI is InChI=1S/C18H30N2O2/c1-15-8-16(2)10-17(9-15,14-20-5-3-4-19)13-18(11-15,12-16)22-7-6-21/h3-5,19-21H,6-14H2,1-2H3/p+1. The molecule has 4 aliphatic rings. The second-order valence-electron chi connectivity index (χ2n) is 8.93. The summed E-state index contributed by atoms with van der Waals surface area (Å²) in [7, 11) is 0. The van der Waals surface area contributed by atoms with Crippen molar-refractivity contribution in [3.05, 3.63) is 12.3 Å². The summed E-state index contributed by atoms with van der Waals surface area (Å²) >= 11 is 0. The zero-order valence-corrected chi connectivity index (χ0v) is 14.0. The van der Waals surface area contributed by atoms with Gasteiger partial charge in [-0.2, -0.15) is 0 Å². The van der Waals surface area contributed by atoms with E-state index >= 15 is 0 Å². The third-order valence-electron chi connectivity index (χ3n) is 6.05. The summed E-state index contributed by atoms with van der Waals surface area (Å²) in [6.07, 6.45) is 12.5. The Bertz CT molecular complexity index is 456. The first kappa shape index (κ1) is 16.2. The van der Waals surface area contributed by atoms with Gasteiger partial charge in [-0.3, -0.25) is 0 Å². The molecule has 4 nitrogen and oxygen atoms in total. The van der Waals surface area contributed by atoms with E-state index < -0.39 is 0 Å². The van der Waals surface area contributed by atoms with Gasteiger partial charge in [-0.25, -0.2) is 0 Å². The van der Waals surface area contributed by atoms with E-state index in [0.29, 0.717) is 22.9 Å². The lowest BCUT2D eigenvalue weighted by atomic mass is 9.39. The van der Waals surface area contributed by atoms with Crippen LogP contribution in [0.3, 0.4) is 0 Å². The Morgan fingerprint density at radius 3 is 2.36 bits per heavy atom.